The van der Waals surface area contributed by atoms with E-state index in [9.17, 15) is 4.79 Å². The third-order valence-corrected chi connectivity index (χ3v) is 4.62. The van der Waals surface area contributed by atoms with Crippen LogP contribution < -0.4 is 5.32 Å². The van der Waals surface area contributed by atoms with Gasteiger partial charge in [-0.05, 0) is 28.8 Å². The van der Waals surface area contributed by atoms with Gasteiger partial charge in [0.15, 0.2) is 5.69 Å². The molecule has 0 fully saturated rings. The van der Waals surface area contributed by atoms with Crippen LogP contribution in [0.4, 0.5) is 0 Å². The minimum atomic E-state index is -0.301. The second-order valence-electron chi connectivity index (χ2n) is 6.74. The van der Waals surface area contributed by atoms with Crippen molar-refractivity contribution in [1.29, 1.82) is 0 Å². The normalized spacial score (nSPS) is 12.0. The van der Waals surface area contributed by atoms with Crippen molar-refractivity contribution in [3.63, 3.8) is 0 Å². The van der Waals surface area contributed by atoms with Gasteiger partial charge in [0.1, 0.15) is 0 Å². The molecule has 0 unspecified atom stereocenters. The quantitative estimate of drug-likeness (QED) is 0.515. The summed E-state index contributed by atoms with van der Waals surface area (Å²) < 4.78 is 1.64. The molecule has 4 aromatic rings. The average molecular weight is 395 g/mol. The average Bonchev–Trinajstić information content (AvgIpc) is 3.28. The van der Waals surface area contributed by atoms with Gasteiger partial charge in [-0.2, -0.15) is 0 Å². The lowest BCUT2D eigenvalue weighted by atomic mass is 9.99. The Labute approximate surface area is 174 Å². The highest BCUT2D eigenvalue weighted by Gasteiger charge is 2.19. The molecule has 2 aromatic heterocycles. The van der Waals surface area contributed by atoms with Gasteiger partial charge in [0.05, 0.1) is 18.8 Å². The molecule has 148 valence electrons. The number of aromatic nitrogens is 4. The Hall–Kier alpha value is -4.06. The van der Waals surface area contributed by atoms with Crippen molar-refractivity contribution in [2.75, 3.05) is 0 Å². The highest BCUT2D eigenvalue weighted by Crippen LogP contribution is 2.21. The number of rotatable bonds is 7. The van der Waals surface area contributed by atoms with Crippen LogP contribution in [-0.2, 0) is 6.54 Å². The van der Waals surface area contributed by atoms with Gasteiger partial charge in [-0.1, -0.05) is 78.0 Å². The molecular weight excluding hydrogens is 374 g/mol. The zero-order valence-electron chi connectivity index (χ0n) is 16.3. The van der Waals surface area contributed by atoms with Gasteiger partial charge in [0.25, 0.3) is 5.91 Å². The van der Waals surface area contributed by atoms with E-state index >= 15 is 0 Å². The fraction of sp³-hybridized carbons (Fsp3) is 0.0833. The van der Waals surface area contributed by atoms with Crippen LogP contribution in [0.15, 0.2) is 97.5 Å². The summed E-state index contributed by atoms with van der Waals surface area (Å²) in [6.45, 7) is 0.529. The molecule has 1 amide bonds. The summed E-state index contributed by atoms with van der Waals surface area (Å²) >= 11 is 0. The number of amides is 1. The monoisotopic (exact) mass is 395 g/mol. The highest BCUT2D eigenvalue weighted by molar-refractivity contribution is 5.92. The number of carbonyl (C=O) groups is 1. The molecule has 6 heteroatoms. The molecule has 0 saturated heterocycles. The minimum Gasteiger partial charge on any atom is -0.340 e. The Morgan fingerprint density at radius 3 is 2.33 bits per heavy atom. The fourth-order valence-electron chi connectivity index (χ4n) is 3.12. The second-order valence-corrected chi connectivity index (χ2v) is 6.74. The van der Waals surface area contributed by atoms with Gasteiger partial charge in [0.2, 0.25) is 0 Å². The lowest BCUT2D eigenvalue weighted by Gasteiger charge is -2.19. The third-order valence-electron chi connectivity index (χ3n) is 4.62. The summed E-state index contributed by atoms with van der Waals surface area (Å²) in [7, 11) is 0. The van der Waals surface area contributed by atoms with Gasteiger partial charge in [-0.25, -0.2) is 4.68 Å². The predicted molar refractivity (Wildman–Crippen MR) is 115 cm³/mol. The van der Waals surface area contributed by atoms with Crippen molar-refractivity contribution < 1.29 is 4.79 Å². The van der Waals surface area contributed by atoms with E-state index in [1.165, 1.54) is 0 Å². The van der Waals surface area contributed by atoms with Gasteiger partial charge in [-0.3, -0.25) is 9.78 Å². The van der Waals surface area contributed by atoms with Crippen molar-refractivity contribution in [2.45, 2.75) is 12.6 Å². The van der Waals surface area contributed by atoms with Crippen LogP contribution >= 0.6 is 0 Å². The molecule has 30 heavy (non-hydrogen) atoms. The van der Waals surface area contributed by atoms with Gasteiger partial charge in [0, 0.05) is 12.4 Å². The van der Waals surface area contributed by atoms with Crippen LogP contribution in [-0.4, -0.2) is 25.9 Å². The number of nitrogens with one attached hydrogen (secondary N) is 1. The second kappa shape index (κ2) is 9.43. The zero-order valence-corrected chi connectivity index (χ0v) is 16.3. The van der Waals surface area contributed by atoms with Crippen molar-refractivity contribution in [2.24, 2.45) is 0 Å². The molecule has 0 aliphatic heterocycles. The van der Waals surface area contributed by atoms with E-state index < -0.39 is 0 Å². The molecule has 0 spiro atoms. The molecular formula is C24H21N5O. The Bertz CT molecular complexity index is 1070. The molecule has 0 saturated carbocycles. The van der Waals surface area contributed by atoms with E-state index in [0.717, 1.165) is 16.7 Å². The third kappa shape index (κ3) is 4.86. The van der Waals surface area contributed by atoms with Crippen LogP contribution in [0.25, 0.3) is 6.08 Å². The molecule has 1 N–H and O–H groups in total. The largest absolute Gasteiger partial charge is 0.340 e. The van der Waals surface area contributed by atoms with Crippen molar-refractivity contribution in [3.05, 3.63) is 120 Å². The molecule has 0 aliphatic rings. The lowest BCUT2D eigenvalue weighted by Crippen LogP contribution is -2.29. The number of allylic oxidation sites excluding steroid dienone is 1. The molecule has 4 rings (SSSR count). The maximum atomic E-state index is 12.8. The van der Waals surface area contributed by atoms with Gasteiger partial charge >= 0.3 is 0 Å². The smallest absolute Gasteiger partial charge is 0.274 e. The summed E-state index contributed by atoms with van der Waals surface area (Å²) in [6, 6.07) is 23.3. The van der Waals surface area contributed by atoms with Crippen LogP contribution in [0.1, 0.15) is 33.2 Å². The Morgan fingerprint density at radius 2 is 1.60 bits per heavy atom. The van der Waals surface area contributed by atoms with E-state index in [0.29, 0.717) is 6.54 Å². The number of benzene rings is 2. The van der Waals surface area contributed by atoms with Crippen molar-refractivity contribution >= 4 is 12.0 Å². The van der Waals surface area contributed by atoms with Crippen molar-refractivity contribution in [3.8, 4) is 0 Å². The first-order valence-electron chi connectivity index (χ1n) is 9.67. The topological polar surface area (TPSA) is 72.7 Å². The fourth-order valence-corrected chi connectivity index (χ4v) is 3.12. The van der Waals surface area contributed by atoms with E-state index in [2.05, 4.69) is 20.6 Å². The number of carbonyl (C=O) groups excluding carboxylic acids is 1. The molecule has 0 aliphatic carbocycles. The van der Waals surface area contributed by atoms with E-state index in [1.807, 2.05) is 84.9 Å². The predicted octanol–water partition coefficient (Wildman–Crippen LogP) is 3.91. The highest BCUT2D eigenvalue weighted by atomic mass is 16.2. The summed E-state index contributed by atoms with van der Waals surface area (Å²) in [4.78, 5) is 16.9. The first-order chi connectivity index (χ1) is 14.8. The van der Waals surface area contributed by atoms with Gasteiger partial charge in [-0.15, -0.1) is 5.10 Å². The molecule has 6 nitrogen and oxygen atoms in total. The summed E-state index contributed by atoms with van der Waals surface area (Å²) in [5.41, 5.74) is 3.31. The SMILES string of the molecule is O=C(N[C@H](c1ccccc1)c1ccncc1)c1cn(C/C=C/c2ccccc2)nn1. The van der Waals surface area contributed by atoms with Gasteiger partial charge < -0.3 is 5.32 Å². The standard InChI is InChI=1S/C24H21N5O/c30-24(22-18-29(28-27-22)17-7-10-19-8-3-1-4-9-19)26-23(20-11-5-2-6-12-20)21-13-15-25-16-14-21/h1-16,18,23H,17H2,(H,26,30)/b10-7+/t23-/m1/s1. The number of hydrogen-bond donors (Lipinski definition) is 1. The van der Waals surface area contributed by atoms with E-state index in [1.54, 1.807) is 23.3 Å². The molecule has 0 radical (unpaired) electrons. The molecule has 0 bridgehead atoms. The number of pyridine rings is 1. The van der Waals surface area contributed by atoms with Crippen LogP contribution in [0, 0.1) is 0 Å². The van der Waals surface area contributed by atoms with E-state index in [4.69, 9.17) is 0 Å². The Kier molecular flexibility index (Phi) is 6.05. The van der Waals surface area contributed by atoms with E-state index in [-0.39, 0.29) is 17.6 Å². The lowest BCUT2D eigenvalue weighted by molar-refractivity contribution is 0.0938. The minimum absolute atomic E-state index is 0.276. The number of hydrogen-bond acceptors (Lipinski definition) is 4. The number of nitrogens with zero attached hydrogens (tertiary/aromatic N) is 4. The first-order valence-corrected chi connectivity index (χ1v) is 9.67. The van der Waals surface area contributed by atoms with Crippen molar-refractivity contribution in [1.82, 2.24) is 25.3 Å². The maximum absolute atomic E-state index is 12.8. The molecule has 2 heterocycles. The first kappa shape index (κ1) is 19.3. The molecule has 2 aromatic carbocycles. The summed E-state index contributed by atoms with van der Waals surface area (Å²) in [6.07, 6.45) is 9.07. The van der Waals surface area contributed by atoms with Crippen LogP contribution in [0.2, 0.25) is 0 Å². The zero-order chi connectivity index (χ0) is 20.6. The Morgan fingerprint density at radius 1 is 0.933 bits per heavy atom. The molecule has 1 atom stereocenters. The maximum Gasteiger partial charge on any atom is 0.274 e. The summed E-state index contributed by atoms with van der Waals surface area (Å²) in [5.74, 6) is -0.279. The van der Waals surface area contributed by atoms with Crippen LogP contribution in [0.5, 0.6) is 0 Å². The van der Waals surface area contributed by atoms with Crippen LogP contribution in [0.3, 0.4) is 0 Å². The summed E-state index contributed by atoms with van der Waals surface area (Å²) in [5, 5.41) is 11.2. The Balaban J connectivity index is 1.46.